The van der Waals surface area contributed by atoms with Crippen molar-refractivity contribution in [3.8, 4) is 17.2 Å². The zero-order chi connectivity index (χ0) is 20.9. The molecule has 0 unspecified atom stereocenters. The van der Waals surface area contributed by atoms with Crippen molar-refractivity contribution >= 4 is 5.71 Å². The summed E-state index contributed by atoms with van der Waals surface area (Å²) in [4.78, 5) is 0. The summed E-state index contributed by atoms with van der Waals surface area (Å²) in [7, 11) is 3.38. The largest absolute Gasteiger partial charge is 0.497 e. The number of hydrogen-bond acceptors (Lipinski definition) is 6. The average molecular weight is 408 g/mol. The monoisotopic (exact) mass is 408 g/mol. The zero-order valence-electron chi connectivity index (χ0n) is 18.0. The molecule has 6 heteroatoms. The number of methoxy groups -OCH3 is 2. The zero-order valence-corrected chi connectivity index (χ0v) is 18.0. The third kappa shape index (κ3) is 3.01. The van der Waals surface area contributed by atoms with Gasteiger partial charge < -0.3 is 18.9 Å². The van der Waals surface area contributed by atoms with Crippen LogP contribution in [-0.2, 0) is 4.74 Å². The van der Waals surface area contributed by atoms with Crippen molar-refractivity contribution in [2.24, 2.45) is 5.10 Å². The van der Waals surface area contributed by atoms with Gasteiger partial charge in [-0.2, -0.15) is 5.10 Å². The van der Waals surface area contributed by atoms with Crippen molar-refractivity contribution in [1.82, 2.24) is 5.01 Å². The lowest BCUT2D eigenvalue weighted by atomic mass is 9.86. The molecule has 1 spiro atoms. The van der Waals surface area contributed by atoms with Gasteiger partial charge >= 0.3 is 0 Å². The van der Waals surface area contributed by atoms with E-state index in [9.17, 15) is 0 Å². The van der Waals surface area contributed by atoms with E-state index in [-0.39, 0.29) is 11.6 Å². The number of hydrogen-bond donors (Lipinski definition) is 0. The lowest BCUT2D eigenvalue weighted by Crippen LogP contribution is -2.60. The van der Waals surface area contributed by atoms with E-state index in [0.717, 1.165) is 53.3 Å². The molecule has 3 aliphatic heterocycles. The smallest absolute Gasteiger partial charge is 0.203 e. The van der Waals surface area contributed by atoms with Gasteiger partial charge in [0, 0.05) is 30.4 Å². The number of hydrazone groups is 1. The van der Waals surface area contributed by atoms with Crippen molar-refractivity contribution in [3.63, 3.8) is 0 Å². The predicted octanol–water partition coefficient (Wildman–Crippen LogP) is 4.53. The Kier molecular flexibility index (Phi) is 4.43. The van der Waals surface area contributed by atoms with Crippen LogP contribution in [0.15, 0.2) is 47.6 Å². The summed E-state index contributed by atoms with van der Waals surface area (Å²) in [6.45, 7) is 4.87. The molecular weight excluding hydrogens is 380 g/mol. The maximum atomic E-state index is 6.75. The molecule has 2 atom stereocenters. The fraction of sp³-hybridized carbons (Fsp3) is 0.458. The molecule has 0 bridgehead atoms. The van der Waals surface area contributed by atoms with Gasteiger partial charge in [0.05, 0.1) is 38.2 Å². The molecule has 0 amide bonds. The fourth-order valence-electron chi connectivity index (χ4n) is 4.98. The van der Waals surface area contributed by atoms with Crippen LogP contribution in [0.4, 0.5) is 0 Å². The minimum atomic E-state index is -0.561. The topological polar surface area (TPSA) is 52.5 Å². The van der Waals surface area contributed by atoms with Gasteiger partial charge in [-0.25, -0.2) is 5.01 Å². The summed E-state index contributed by atoms with van der Waals surface area (Å²) in [5.41, 5.74) is 2.38. The number of fused-ring (bicyclic) bond motifs is 4. The summed E-state index contributed by atoms with van der Waals surface area (Å²) in [5.74, 6) is 2.44. The molecule has 2 aromatic rings. The first-order chi connectivity index (χ1) is 14.4. The second-order valence-corrected chi connectivity index (χ2v) is 8.80. The van der Waals surface area contributed by atoms with Crippen LogP contribution in [0.1, 0.15) is 50.3 Å². The minimum Gasteiger partial charge on any atom is -0.497 e. The number of benzene rings is 2. The molecule has 2 aromatic carbocycles. The molecule has 0 aliphatic carbocycles. The van der Waals surface area contributed by atoms with Crippen molar-refractivity contribution in [3.05, 3.63) is 53.6 Å². The summed E-state index contributed by atoms with van der Waals surface area (Å²) in [5, 5.41) is 7.31. The molecule has 6 nitrogen and oxygen atoms in total. The minimum absolute atomic E-state index is 0.0963. The van der Waals surface area contributed by atoms with Gasteiger partial charge in [0.25, 0.3) is 0 Å². The quantitative estimate of drug-likeness (QED) is 0.747. The average Bonchev–Trinajstić information content (AvgIpc) is 3.20. The van der Waals surface area contributed by atoms with E-state index >= 15 is 0 Å². The molecule has 158 valence electrons. The summed E-state index contributed by atoms with van der Waals surface area (Å²) >= 11 is 0. The van der Waals surface area contributed by atoms with Crippen LogP contribution in [0.3, 0.4) is 0 Å². The van der Waals surface area contributed by atoms with Gasteiger partial charge in [-0.15, -0.1) is 0 Å². The van der Waals surface area contributed by atoms with Gasteiger partial charge in [-0.3, -0.25) is 0 Å². The molecule has 1 saturated heterocycles. The Labute approximate surface area is 177 Å². The third-order valence-corrected chi connectivity index (χ3v) is 6.30. The van der Waals surface area contributed by atoms with E-state index in [2.05, 4.69) is 31.0 Å². The second-order valence-electron chi connectivity index (χ2n) is 8.80. The van der Waals surface area contributed by atoms with Gasteiger partial charge in [0.1, 0.15) is 5.75 Å². The molecule has 1 fully saturated rings. The molecule has 3 aliphatic rings. The highest BCUT2D eigenvalue weighted by Gasteiger charge is 2.55. The van der Waals surface area contributed by atoms with Crippen LogP contribution >= 0.6 is 0 Å². The lowest BCUT2D eigenvalue weighted by Gasteiger charge is -2.52. The lowest BCUT2D eigenvalue weighted by molar-refractivity contribution is -0.212. The van der Waals surface area contributed by atoms with E-state index in [4.69, 9.17) is 24.0 Å². The predicted molar refractivity (Wildman–Crippen MR) is 114 cm³/mol. The molecule has 3 heterocycles. The van der Waals surface area contributed by atoms with Gasteiger partial charge in [-0.05, 0) is 32.0 Å². The molecule has 0 radical (unpaired) electrons. The van der Waals surface area contributed by atoms with Crippen molar-refractivity contribution < 1.29 is 18.9 Å². The van der Waals surface area contributed by atoms with Crippen molar-refractivity contribution in [2.75, 3.05) is 20.8 Å². The van der Waals surface area contributed by atoms with Gasteiger partial charge in [0.2, 0.25) is 5.72 Å². The molecule has 0 saturated carbocycles. The number of para-hydroxylation sites is 1. The summed E-state index contributed by atoms with van der Waals surface area (Å²) in [6.07, 6.45) is 2.28. The number of rotatable bonds is 3. The van der Waals surface area contributed by atoms with Crippen LogP contribution in [0.5, 0.6) is 17.2 Å². The summed E-state index contributed by atoms with van der Waals surface area (Å²) in [6, 6.07) is 14.3. The normalized spacial score (nSPS) is 26.5. The molecule has 0 N–H and O–H groups in total. The van der Waals surface area contributed by atoms with E-state index in [0.29, 0.717) is 6.61 Å². The molecule has 0 aromatic heterocycles. The third-order valence-electron chi connectivity index (χ3n) is 6.30. The van der Waals surface area contributed by atoms with Gasteiger partial charge in [-0.1, -0.05) is 24.3 Å². The maximum absolute atomic E-state index is 6.75. The Bertz CT molecular complexity index is 1000. The number of nitrogens with zero attached hydrogens (tertiary/aromatic N) is 2. The maximum Gasteiger partial charge on any atom is 0.203 e. The van der Waals surface area contributed by atoms with Crippen LogP contribution in [-0.4, -0.2) is 42.9 Å². The Morgan fingerprint density at radius 1 is 1.10 bits per heavy atom. The van der Waals surface area contributed by atoms with E-state index < -0.39 is 5.72 Å². The highest BCUT2D eigenvalue weighted by atomic mass is 16.6. The molecule has 30 heavy (non-hydrogen) atoms. The first-order valence-corrected chi connectivity index (χ1v) is 10.5. The Hall–Kier alpha value is -2.73. The summed E-state index contributed by atoms with van der Waals surface area (Å²) < 4.78 is 23.9. The first kappa shape index (κ1) is 19.2. The first-order valence-electron chi connectivity index (χ1n) is 10.5. The highest BCUT2D eigenvalue weighted by molar-refractivity contribution is 6.02. The molecular formula is C24H28N2O4. The van der Waals surface area contributed by atoms with Crippen molar-refractivity contribution in [1.29, 1.82) is 0 Å². The Morgan fingerprint density at radius 3 is 2.70 bits per heavy atom. The molecule has 5 rings (SSSR count). The SMILES string of the molecule is COc1cccc(C2=NN3[C@@H](C2)c2cccc(OC)c2O[C@]32CCOC(C)(C)C2)c1. The van der Waals surface area contributed by atoms with E-state index in [1.165, 1.54) is 0 Å². The van der Waals surface area contributed by atoms with Crippen LogP contribution < -0.4 is 14.2 Å². The van der Waals surface area contributed by atoms with E-state index in [1.54, 1.807) is 14.2 Å². The second kappa shape index (κ2) is 6.91. The van der Waals surface area contributed by atoms with E-state index in [1.807, 2.05) is 30.3 Å². The van der Waals surface area contributed by atoms with Crippen LogP contribution in [0, 0.1) is 0 Å². The van der Waals surface area contributed by atoms with Gasteiger partial charge in [0.15, 0.2) is 11.5 Å². The van der Waals surface area contributed by atoms with Crippen molar-refractivity contribution in [2.45, 2.75) is 50.5 Å². The Morgan fingerprint density at radius 2 is 1.93 bits per heavy atom. The Balaban J connectivity index is 1.62. The van der Waals surface area contributed by atoms with Crippen LogP contribution in [0.2, 0.25) is 0 Å². The standard InChI is InChI=1S/C24H28N2O4/c1-23(2)15-24(11-12-29-23)26-20(18-9-6-10-21(28-4)22(18)30-24)14-19(25-26)16-7-5-8-17(13-16)27-3/h5-10,13,20H,11-12,14-15H2,1-4H3/t20-,24-/m0/s1. The highest BCUT2D eigenvalue weighted by Crippen LogP contribution is 2.54. The number of ether oxygens (including phenoxy) is 4. The fourth-order valence-corrected chi connectivity index (χ4v) is 4.98. The van der Waals surface area contributed by atoms with Crippen LogP contribution in [0.25, 0.3) is 0 Å².